The average molecular weight is 585 g/mol. The first-order chi connectivity index (χ1) is 16.5. The third-order valence-corrected chi connectivity index (χ3v) is 5.90. The predicted octanol–water partition coefficient (Wildman–Crippen LogP) is 4.13. The van der Waals surface area contributed by atoms with Crippen molar-refractivity contribution in [1.82, 2.24) is 5.32 Å². The summed E-state index contributed by atoms with van der Waals surface area (Å²) >= 11 is 2.29. The van der Waals surface area contributed by atoms with E-state index in [1.54, 1.807) is 18.2 Å². The minimum Gasteiger partial charge on any atom is -0.426 e. The zero-order valence-corrected chi connectivity index (χ0v) is 22.0. The summed E-state index contributed by atoms with van der Waals surface area (Å²) in [6, 6.07) is 13.3. The van der Waals surface area contributed by atoms with Crippen LogP contribution in [0.2, 0.25) is 0 Å². The third-order valence-electron chi connectivity index (χ3n) is 5.18. The number of aliphatic hydroxyl groups is 2. The molecule has 0 saturated heterocycles. The number of hydrogen-bond acceptors (Lipinski definition) is 7. The van der Waals surface area contributed by atoms with Crippen LogP contribution in [0.25, 0.3) is 0 Å². The molecule has 0 aromatic heterocycles. The van der Waals surface area contributed by atoms with Gasteiger partial charge in [0.05, 0.1) is 32.5 Å². The van der Waals surface area contributed by atoms with Crippen molar-refractivity contribution >= 4 is 28.6 Å². The summed E-state index contributed by atoms with van der Waals surface area (Å²) in [5, 5.41) is 23.1. The number of halogens is 1. The SMILES string of the molecule is CC(=O)Oc1ccc(C(O)CNCCCCCCOCCOCc2ccc(I)cc2)cc1CO. The van der Waals surface area contributed by atoms with Crippen molar-refractivity contribution in [2.75, 3.05) is 32.9 Å². The van der Waals surface area contributed by atoms with E-state index in [9.17, 15) is 15.0 Å². The molecule has 0 spiro atoms. The van der Waals surface area contributed by atoms with Gasteiger partial charge in [0.25, 0.3) is 0 Å². The fraction of sp³-hybridized carbons (Fsp3) is 0.500. The van der Waals surface area contributed by atoms with E-state index in [-0.39, 0.29) is 6.61 Å². The van der Waals surface area contributed by atoms with Crippen molar-refractivity contribution in [3.63, 3.8) is 0 Å². The Labute approximate surface area is 216 Å². The highest BCUT2D eigenvalue weighted by molar-refractivity contribution is 14.1. The summed E-state index contributed by atoms with van der Waals surface area (Å²) in [7, 11) is 0. The molecule has 1 atom stereocenters. The molecule has 0 heterocycles. The van der Waals surface area contributed by atoms with Crippen molar-refractivity contribution in [2.45, 2.75) is 51.9 Å². The van der Waals surface area contributed by atoms with E-state index in [1.165, 1.54) is 16.1 Å². The van der Waals surface area contributed by atoms with Gasteiger partial charge >= 0.3 is 5.97 Å². The number of aliphatic hydroxyl groups excluding tert-OH is 2. The van der Waals surface area contributed by atoms with Gasteiger partial charge in [0.2, 0.25) is 0 Å². The Hall–Kier alpha value is -1.56. The van der Waals surface area contributed by atoms with Gasteiger partial charge in [0, 0.05) is 29.2 Å². The highest BCUT2D eigenvalue weighted by atomic mass is 127. The number of esters is 1. The monoisotopic (exact) mass is 585 g/mol. The number of carbonyl (C=O) groups excluding carboxylic acids is 1. The topological polar surface area (TPSA) is 97.3 Å². The van der Waals surface area contributed by atoms with Crippen LogP contribution < -0.4 is 10.1 Å². The summed E-state index contributed by atoms with van der Waals surface area (Å²) in [4.78, 5) is 11.1. The molecule has 0 fully saturated rings. The van der Waals surface area contributed by atoms with E-state index in [2.05, 4.69) is 52.2 Å². The van der Waals surface area contributed by atoms with Crippen molar-refractivity contribution in [3.8, 4) is 5.75 Å². The Kier molecular flexibility index (Phi) is 14.3. The largest absolute Gasteiger partial charge is 0.426 e. The number of benzene rings is 2. The molecule has 0 aliphatic rings. The van der Waals surface area contributed by atoms with Gasteiger partial charge in [0.1, 0.15) is 5.75 Å². The molecule has 7 nitrogen and oxygen atoms in total. The summed E-state index contributed by atoms with van der Waals surface area (Å²) in [6.45, 7) is 4.87. The first-order valence-electron chi connectivity index (χ1n) is 11.7. The second-order valence-corrected chi connectivity index (χ2v) is 9.29. The fourth-order valence-electron chi connectivity index (χ4n) is 3.34. The molecule has 0 aliphatic heterocycles. The number of ether oxygens (including phenoxy) is 3. The van der Waals surface area contributed by atoms with E-state index in [1.807, 2.05) is 0 Å². The Bertz CT molecular complexity index is 846. The van der Waals surface area contributed by atoms with E-state index >= 15 is 0 Å². The van der Waals surface area contributed by atoms with Gasteiger partial charge < -0.3 is 29.7 Å². The van der Waals surface area contributed by atoms with E-state index in [0.717, 1.165) is 38.8 Å². The van der Waals surface area contributed by atoms with Crippen LogP contribution in [-0.2, 0) is 27.5 Å². The lowest BCUT2D eigenvalue weighted by atomic mass is 10.1. The Balaban J connectivity index is 1.45. The van der Waals surface area contributed by atoms with Gasteiger partial charge in [0.15, 0.2) is 0 Å². The summed E-state index contributed by atoms with van der Waals surface area (Å²) < 4.78 is 17.5. The number of hydrogen-bond donors (Lipinski definition) is 3. The Morgan fingerprint density at radius 1 is 1.00 bits per heavy atom. The Morgan fingerprint density at radius 3 is 2.47 bits per heavy atom. The van der Waals surface area contributed by atoms with Crippen molar-refractivity contribution in [2.24, 2.45) is 0 Å². The van der Waals surface area contributed by atoms with Crippen LogP contribution in [0, 0.1) is 3.57 Å². The maximum absolute atomic E-state index is 11.1. The second-order valence-electron chi connectivity index (χ2n) is 8.04. The molecular weight excluding hydrogens is 549 g/mol. The minimum absolute atomic E-state index is 0.263. The molecule has 2 aromatic rings. The van der Waals surface area contributed by atoms with Crippen LogP contribution in [0.15, 0.2) is 42.5 Å². The van der Waals surface area contributed by atoms with Gasteiger partial charge in [-0.3, -0.25) is 4.79 Å². The molecule has 34 heavy (non-hydrogen) atoms. The quantitative estimate of drug-likeness (QED) is 0.111. The summed E-state index contributed by atoms with van der Waals surface area (Å²) in [5.74, 6) is -0.128. The van der Waals surface area contributed by atoms with Gasteiger partial charge in [-0.05, 0) is 77.4 Å². The lowest BCUT2D eigenvalue weighted by molar-refractivity contribution is -0.131. The van der Waals surface area contributed by atoms with Crippen molar-refractivity contribution in [3.05, 3.63) is 62.7 Å². The zero-order chi connectivity index (χ0) is 24.6. The lowest BCUT2D eigenvalue weighted by Gasteiger charge is -2.15. The van der Waals surface area contributed by atoms with E-state index < -0.39 is 12.1 Å². The van der Waals surface area contributed by atoms with Crippen LogP contribution >= 0.6 is 22.6 Å². The summed E-state index contributed by atoms with van der Waals surface area (Å²) in [5.41, 5.74) is 2.33. The molecule has 8 heteroatoms. The maximum Gasteiger partial charge on any atom is 0.308 e. The van der Waals surface area contributed by atoms with Crippen LogP contribution in [-0.4, -0.2) is 49.1 Å². The number of unbranched alkanes of at least 4 members (excludes halogenated alkanes) is 3. The number of nitrogens with one attached hydrogen (secondary N) is 1. The van der Waals surface area contributed by atoms with Crippen molar-refractivity contribution < 1.29 is 29.2 Å². The second kappa shape index (κ2) is 17.0. The standard InChI is InChI=1S/C26H36INO6/c1-20(30)34-26-11-8-22(16-23(26)18-29)25(31)17-28-12-4-2-3-5-13-32-14-15-33-19-21-6-9-24(27)10-7-21/h6-11,16,25,28-29,31H,2-5,12-15,17-19H2,1H3. The first kappa shape index (κ1) is 28.7. The van der Waals surface area contributed by atoms with E-state index in [0.29, 0.717) is 43.2 Å². The highest BCUT2D eigenvalue weighted by Crippen LogP contribution is 2.24. The molecular formula is C26H36INO6. The van der Waals surface area contributed by atoms with Gasteiger partial charge in [-0.1, -0.05) is 31.0 Å². The Morgan fingerprint density at radius 2 is 1.74 bits per heavy atom. The van der Waals surface area contributed by atoms with Gasteiger partial charge in [-0.15, -0.1) is 0 Å². The fourth-order valence-corrected chi connectivity index (χ4v) is 3.70. The van der Waals surface area contributed by atoms with Crippen LogP contribution in [0.4, 0.5) is 0 Å². The van der Waals surface area contributed by atoms with Gasteiger partial charge in [-0.2, -0.15) is 0 Å². The zero-order valence-electron chi connectivity index (χ0n) is 19.8. The van der Waals surface area contributed by atoms with E-state index in [4.69, 9.17) is 14.2 Å². The van der Waals surface area contributed by atoms with Gasteiger partial charge in [-0.25, -0.2) is 0 Å². The molecule has 3 N–H and O–H groups in total. The van der Waals surface area contributed by atoms with Crippen LogP contribution in [0.1, 0.15) is 55.4 Å². The predicted molar refractivity (Wildman–Crippen MR) is 140 cm³/mol. The molecule has 0 aliphatic carbocycles. The van der Waals surface area contributed by atoms with Crippen LogP contribution in [0.5, 0.6) is 5.75 Å². The lowest BCUT2D eigenvalue weighted by Crippen LogP contribution is -2.22. The third kappa shape index (κ3) is 11.7. The smallest absolute Gasteiger partial charge is 0.308 e. The highest BCUT2D eigenvalue weighted by Gasteiger charge is 2.12. The molecule has 0 radical (unpaired) electrons. The molecule has 0 amide bonds. The minimum atomic E-state index is -0.696. The maximum atomic E-state index is 11.1. The number of carbonyl (C=O) groups is 1. The number of rotatable bonds is 17. The van der Waals surface area contributed by atoms with Crippen molar-refractivity contribution in [1.29, 1.82) is 0 Å². The first-order valence-corrected chi connectivity index (χ1v) is 12.8. The molecule has 2 aromatic carbocycles. The van der Waals surface area contributed by atoms with Crippen LogP contribution in [0.3, 0.4) is 0 Å². The average Bonchev–Trinajstić information content (AvgIpc) is 2.83. The molecule has 188 valence electrons. The molecule has 1 unspecified atom stereocenters. The molecule has 0 saturated carbocycles. The normalized spacial score (nSPS) is 12.0. The molecule has 0 bridgehead atoms. The summed E-state index contributed by atoms with van der Waals surface area (Å²) in [6.07, 6.45) is 3.56. The molecule has 2 rings (SSSR count).